The summed E-state index contributed by atoms with van der Waals surface area (Å²) in [5.74, 6) is 0. The fourth-order valence-electron chi connectivity index (χ4n) is 2.06. The van der Waals surface area contributed by atoms with Crippen molar-refractivity contribution in [2.75, 3.05) is 6.54 Å². The molecule has 0 spiro atoms. The third kappa shape index (κ3) is 7.07. The molecule has 1 N–H and O–H groups in total. The van der Waals surface area contributed by atoms with E-state index in [9.17, 15) is 8.42 Å². The quantitative estimate of drug-likeness (QED) is 0.623. The zero-order valence-corrected chi connectivity index (χ0v) is 14.2. The van der Waals surface area contributed by atoms with E-state index in [0.717, 1.165) is 24.2 Å². The SMILES string of the molecule is CCCCCCCCCCNS(=O)(=O)c1ccc(C#N)s1. The molecule has 0 radical (unpaired) electrons. The van der Waals surface area contributed by atoms with Crippen LogP contribution in [-0.4, -0.2) is 15.0 Å². The monoisotopic (exact) mass is 328 g/mol. The molecule has 0 aliphatic rings. The predicted molar refractivity (Wildman–Crippen MR) is 86.8 cm³/mol. The molecule has 0 saturated carbocycles. The maximum Gasteiger partial charge on any atom is 0.250 e. The van der Waals surface area contributed by atoms with Gasteiger partial charge in [0.25, 0.3) is 0 Å². The molecule has 0 saturated heterocycles. The average Bonchev–Trinajstić information content (AvgIpc) is 2.95. The summed E-state index contributed by atoms with van der Waals surface area (Å²) in [6.07, 6.45) is 9.50. The fourth-order valence-corrected chi connectivity index (χ4v) is 4.28. The third-order valence-corrected chi connectivity index (χ3v) is 6.22. The molecule has 1 rings (SSSR count). The molecular weight excluding hydrogens is 304 g/mol. The largest absolute Gasteiger partial charge is 0.250 e. The van der Waals surface area contributed by atoms with Crippen LogP contribution in [0, 0.1) is 11.3 Å². The van der Waals surface area contributed by atoms with Gasteiger partial charge in [-0.3, -0.25) is 0 Å². The topological polar surface area (TPSA) is 70.0 Å². The van der Waals surface area contributed by atoms with Gasteiger partial charge in [-0.1, -0.05) is 51.9 Å². The van der Waals surface area contributed by atoms with E-state index in [4.69, 9.17) is 5.26 Å². The number of thiophene rings is 1. The van der Waals surface area contributed by atoms with Crippen molar-refractivity contribution in [1.29, 1.82) is 5.26 Å². The molecular formula is C15H24N2O2S2. The lowest BCUT2D eigenvalue weighted by atomic mass is 10.1. The number of nitrogens with zero attached hydrogens (tertiary/aromatic N) is 1. The molecule has 0 aliphatic heterocycles. The highest BCUT2D eigenvalue weighted by Crippen LogP contribution is 2.20. The van der Waals surface area contributed by atoms with Crippen LogP contribution in [0.1, 0.15) is 63.2 Å². The first-order chi connectivity index (χ1) is 10.1. The summed E-state index contributed by atoms with van der Waals surface area (Å²) in [5.41, 5.74) is 0. The Kier molecular flexibility index (Phi) is 8.58. The molecule has 0 atom stereocenters. The smallest absolute Gasteiger partial charge is 0.210 e. The van der Waals surface area contributed by atoms with Crippen molar-refractivity contribution in [2.45, 2.75) is 62.5 Å². The summed E-state index contributed by atoms with van der Waals surface area (Å²) < 4.78 is 26.7. The number of hydrogen-bond acceptors (Lipinski definition) is 4. The second-order valence-electron chi connectivity index (χ2n) is 5.10. The number of sulfonamides is 1. The summed E-state index contributed by atoms with van der Waals surface area (Å²) in [6, 6.07) is 4.97. The van der Waals surface area contributed by atoms with E-state index in [1.807, 2.05) is 6.07 Å². The van der Waals surface area contributed by atoms with E-state index >= 15 is 0 Å². The van der Waals surface area contributed by atoms with Gasteiger partial charge in [0.15, 0.2) is 0 Å². The van der Waals surface area contributed by atoms with Crippen molar-refractivity contribution in [2.24, 2.45) is 0 Å². The molecule has 0 bridgehead atoms. The van der Waals surface area contributed by atoms with Gasteiger partial charge in [-0.2, -0.15) is 5.26 Å². The minimum Gasteiger partial charge on any atom is -0.210 e. The molecule has 4 nitrogen and oxygen atoms in total. The van der Waals surface area contributed by atoms with Crippen LogP contribution in [0.5, 0.6) is 0 Å². The number of nitrogens with one attached hydrogen (secondary N) is 1. The van der Waals surface area contributed by atoms with Crippen LogP contribution < -0.4 is 4.72 Å². The highest BCUT2D eigenvalue weighted by molar-refractivity contribution is 7.91. The molecule has 21 heavy (non-hydrogen) atoms. The van der Waals surface area contributed by atoms with Crippen LogP contribution in [0.3, 0.4) is 0 Å². The summed E-state index contributed by atoms with van der Waals surface area (Å²) in [4.78, 5) is 0.419. The molecule has 1 heterocycles. The Morgan fingerprint density at radius 1 is 1.10 bits per heavy atom. The Balaban J connectivity index is 2.16. The summed E-state index contributed by atoms with van der Waals surface area (Å²) in [5, 5.41) is 8.71. The van der Waals surface area contributed by atoms with Gasteiger partial charge in [-0.05, 0) is 18.6 Å². The van der Waals surface area contributed by atoms with Crippen LogP contribution in [0.2, 0.25) is 0 Å². The van der Waals surface area contributed by atoms with E-state index in [-0.39, 0.29) is 4.21 Å². The number of nitriles is 1. The van der Waals surface area contributed by atoms with Crippen molar-refractivity contribution >= 4 is 21.4 Å². The zero-order valence-electron chi connectivity index (χ0n) is 12.6. The maximum absolute atomic E-state index is 12.0. The van der Waals surface area contributed by atoms with Crippen molar-refractivity contribution < 1.29 is 8.42 Å². The Morgan fingerprint density at radius 2 is 1.71 bits per heavy atom. The predicted octanol–water partition coefficient (Wildman–Crippen LogP) is 4.04. The van der Waals surface area contributed by atoms with Gasteiger partial charge in [0.2, 0.25) is 10.0 Å². The maximum atomic E-state index is 12.0. The lowest BCUT2D eigenvalue weighted by Crippen LogP contribution is -2.23. The first-order valence-corrected chi connectivity index (χ1v) is 9.89. The summed E-state index contributed by atoms with van der Waals surface area (Å²) in [7, 11) is -3.44. The molecule has 0 aliphatic carbocycles. The third-order valence-electron chi connectivity index (χ3n) is 3.28. The second-order valence-corrected chi connectivity index (χ2v) is 8.18. The first-order valence-electron chi connectivity index (χ1n) is 7.59. The lowest BCUT2D eigenvalue weighted by molar-refractivity contribution is 0.560. The normalized spacial score (nSPS) is 11.4. The summed E-state index contributed by atoms with van der Waals surface area (Å²) >= 11 is 1.01. The van der Waals surface area contributed by atoms with Crippen LogP contribution in [0.4, 0.5) is 0 Å². The zero-order chi connectivity index (χ0) is 15.6. The molecule has 1 aromatic heterocycles. The Hall–Kier alpha value is -0.900. The van der Waals surface area contributed by atoms with Gasteiger partial charge in [-0.25, -0.2) is 13.1 Å². The van der Waals surface area contributed by atoms with Gasteiger partial charge in [0.1, 0.15) is 15.2 Å². The number of rotatable bonds is 11. The number of unbranched alkanes of at least 4 members (excludes halogenated alkanes) is 7. The van der Waals surface area contributed by atoms with Gasteiger partial charge < -0.3 is 0 Å². The fraction of sp³-hybridized carbons (Fsp3) is 0.667. The number of hydrogen-bond donors (Lipinski definition) is 1. The highest BCUT2D eigenvalue weighted by Gasteiger charge is 2.15. The molecule has 0 fully saturated rings. The van der Waals surface area contributed by atoms with Crippen LogP contribution in [0.15, 0.2) is 16.3 Å². The van der Waals surface area contributed by atoms with E-state index in [0.29, 0.717) is 11.4 Å². The first kappa shape index (κ1) is 18.1. The summed E-state index contributed by atoms with van der Waals surface area (Å²) in [6.45, 7) is 2.68. The molecule has 118 valence electrons. The Bertz CT molecular complexity index is 544. The van der Waals surface area contributed by atoms with Crippen LogP contribution in [0.25, 0.3) is 0 Å². The standard InChI is InChI=1S/C15H24N2O2S2/c1-2-3-4-5-6-7-8-9-12-17-21(18,19)15-11-10-14(13-16)20-15/h10-11,17H,2-9,12H2,1H3. The van der Waals surface area contributed by atoms with Gasteiger partial charge in [0.05, 0.1) is 0 Å². The van der Waals surface area contributed by atoms with Crippen LogP contribution in [-0.2, 0) is 10.0 Å². The van der Waals surface area contributed by atoms with Crippen molar-refractivity contribution in [3.63, 3.8) is 0 Å². The highest BCUT2D eigenvalue weighted by atomic mass is 32.2. The molecule has 0 aromatic carbocycles. The minimum absolute atomic E-state index is 0.221. The van der Waals surface area contributed by atoms with E-state index in [2.05, 4.69) is 11.6 Å². The van der Waals surface area contributed by atoms with Gasteiger partial charge >= 0.3 is 0 Å². The van der Waals surface area contributed by atoms with E-state index < -0.39 is 10.0 Å². The van der Waals surface area contributed by atoms with Gasteiger partial charge in [0, 0.05) is 6.54 Å². The Morgan fingerprint density at radius 3 is 2.29 bits per heavy atom. The van der Waals surface area contributed by atoms with Crippen LogP contribution >= 0.6 is 11.3 Å². The molecule has 0 amide bonds. The van der Waals surface area contributed by atoms with Crippen molar-refractivity contribution in [3.05, 3.63) is 17.0 Å². The lowest BCUT2D eigenvalue weighted by Gasteiger charge is -2.04. The minimum atomic E-state index is -3.44. The van der Waals surface area contributed by atoms with Gasteiger partial charge in [-0.15, -0.1) is 11.3 Å². The van der Waals surface area contributed by atoms with Crippen molar-refractivity contribution in [1.82, 2.24) is 4.72 Å². The molecule has 1 aromatic rings. The Labute approximate surface area is 132 Å². The van der Waals surface area contributed by atoms with Crippen molar-refractivity contribution in [3.8, 4) is 6.07 Å². The molecule has 0 unspecified atom stereocenters. The van der Waals surface area contributed by atoms with E-state index in [1.54, 1.807) is 0 Å². The average molecular weight is 329 g/mol. The second kappa shape index (κ2) is 9.93. The molecule has 6 heteroatoms. The van der Waals surface area contributed by atoms with E-state index in [1.165, 1.54) is 50.7 Å².